The minimum Gasteiger partial charge on any atom is -0.480 e. The fourth-order valence-corrected chi connectivity index (χ4v) is 2.24. The topological polar surface area (TPSA) is 151 Å². The Balaban J connectivity index is 0. The summed E-state index contributed by atoms with van der Waals surface area (Å²) in [5.74, 6) is -2.35. The van der Waals surface area contributed by atoms with E-state index in [4.69, 9.17) is 19.7 Å². The van der Waals surface area contributed by atoms with Crippen molar-refractivity contribution in [3.05, 3.63) is 0 Å². The van der Waals surface area contributed by atoms with Crippen LogP contribution in [0.2, 0.25) is 0 Å². The molecule has 0 unspecified atom stereocenters. The van der Waals surface area contributed by atoms with E-state index in [9.17, 15) is 19.2 Å². The van der Waals surface area contributed by atoms with Crippen molar-refractivity contribution in [1.82, 2.24) is 10.6 Å². The predicted molar refractivity (Wildman–Crippen MR) is 120 cm³/mol. The highest BCUT2D eigenvalue weighted by Gasteiger charge is 2.28. The Morgan fingerprint density at radius 1 is 0.688 bits per heavy atom. The normalized spacial score (nSPS) is 15.1. The van der Waals surface area contributed by atoms with Gasteiger partial charge in [-0.05, 0) is 53.4 Å². The molecule has 0 bridgehead atoms. The third-order valence-electron chi connectivity index (χ3n) is 4.30. The molecule has 188 valence electrons. The number of nitrogens with one attached hydrogen (secondary N) is 2. The highest BCUT2D eigenvalue weighted by atomic mass is 16.6. The Morgan fingerprint density at radius 3 is 1.09 bits per heavy atom. The lowest BCUT2D eigenvalue weighted by Crippen LogP contribution is -2.46. The molecule has 0 aliphatic carbocycles. The van der Waals surface area contributed by atoms with Crippen LogP contribution in [0.15, 0.2) is 0 Å². The van der Waals surface area contributed by atoms with E-state index < -0.39 is 47.4 Å². The van der Waals surface area contributed by atoms with E-state index in [1.807, 2.05) is 13.8 Å². The van der Waals surface area contributed by atoms with Crippen LogP contribution in [-0.4, -0.2) is 57.6 Å². The van der Waals surface area contributed by atoms with Crippen molar-refractivity contribution in [1.29, 1.82) is 0 Å². The van der Waals surface area contributed by atoms with Crippen LogP contribution >= 0.6 is 0 Å². The van der Waals surface area contributed by atoms with Gasteiger partial charge in [0.2, 0.25) is 0 Å². The minimum absolute atomic E-state index is 0.134. The van der Waals surface area contributed by atoms with E-state index in [2.05, 4.69) is 10.6 Å². The number of amides is 2. The predicted octanol–water partition coefficient (Wildman–Crippen LogP) is 4.02. The minimum atomic E-state index is -1.04. The van der Waals surface area contributed by atoms with Crippen LogP contribution in [0, 0.1) is 11.8 Å². The summed E-state index contributed by atoms with van der Waals surface area (Å²) in [6.07, 6.45) is -0.0418. The van der Waals surface area contributed by atoms with E-state index in [0.29, 0.717) is 12.8 Å². The molecule has 0 aliphatic heterocycles. The van der Waals surface area contributed by atoms with Crippen molar-refractivity contribution < 1.29 is 38.9 Å². The summed E-state index contributed by atoms with van der Waals surface area (Å²) >= 11 is 0. The van der Waals surface area contributed by atoms with Crippen molar-refractivity contribution >= 4 is 24.1 Å². The Labute approximate surface area is 191 Å². The van der Waals surface area contributed by atoms with E-state index in [-0.39, 0.29) is 11.8 Å². The molecule has 0 spiro atoms. The van der Waals surface area contributed by atoms with Crippen molar-refractivity contribution in [2.75, 3.05) is 0 Å². The largest absolute Gasteiger partial charge is 0.480 e. The first kappa shape index (κ1) is 31.7. The number of aliphatic carboxylic acids is 2. The summed E-state index contributed by atoms with van der Waals surface area (Å²) in [6.45, 7) is 17.7. The average molecular weight is 463 g/mol. The summed E-state index contributed by atoms with van der Waals surface area (Å²) in [5.41, 5.74) is -1.24. The maximum atomic E-state index is 11.4. The molecular weight excluding hydrogens is 420 g/mol. The van der Waals surface area contributed by atoms with Crippen molar-refractivity contribution in [3.8, 4) is 0 Å². The Morgan fingerprint density at radius 2 is 0.938 bits per heavy atom. The Hall–Kier alpha value is -2.52. The van der Waals surface area contributed by atoms with Gasteiger partial charge < -0.3 is 30.3 Å². The molecule has 10 nitrogen and oxygen atoms in total. The molecule has 0 fully saturated rings. The average Bonchev–Trinajstić information content (AvgIpc) is 2.60. The SMILES string of the molecule is CC[C@H](C)[C@H](NC(=O)OC(C)(C)C)C(=O)O.CC[C@H](C)[C@H](NC(=O)OC(C)(C)C)C(=O)O. The maximum absolute atomic E-state index is 11.4. The molecule has 0 aromatic heterocycles. The van der Waals surface area contributed by atoms with Crippen LogP contribution in [-0.2, 0) is 19.1 Å². The van der Waals surface area contributed by atoms with Gasteiger partial charge in [0.05, 0.1) is 0 Å². The molecule has 0 rings (SSSR count). The molecule has 4 atom stereocenters. The van der Waals surface area contributed by atoms with Gasteiger partial charge in [0, 0.05) is 0 Å². The lowest BCUT2D eigenvalue weighted by atomic mass is 10.00. The van der Waals surface area contributed by atoms with Crippen LogP contribution < -0.4 is 10.6 Å². The zero-order chi connectivity index (χ0) is 25.9. The van der Waals surface area contributed by atoms with Gasteiger partial charge >= 0.3 is 24.1 Å². The summed E-state index contributed by atoms with van der Waals surface area (Å²) in [6, 6.07) is -1.81. The number of carbonyl (C=O) groups is 4. The summed E-state index contributed by atoms with van der Waals surface area (Å²) in [4.78, 5) is 44.7. The number of hydrogen-bond acceptors (Lipinski definition) is 6. The quantitative estimate of drug-likeness (QED) is 0.422. The van der Waals surface area contributed by atoms with Gasteiger partial charge in [-0.3, -0.25) is 0 Å². The first-order valence-electron chi connectivity index (χ1n) is 10.8. The molecule has 0 aliphatic rings. The van der Waals surface area contributed by atoms with Crippen LogP contribution in [0.25, 0.3) is 0 Å². The second-order valence-electron chi connectivity index (χ2n) is 9.70. The number of rotatable bonds is 8. The summed E-state index contributed by atoms with van der Waals surface area (Å²) < 4.78 is 10.00. The number of hydrogen-bond donors (Lipinski definition) is 4. The maximum Gasteiger partial charge on any atom is 0.408 e. The van der Waals surface area contributed by atoms with E-state index in [0.717, 1.165) is 0 Å². The summed E-state index contributed by atoms with van der Waals surface area (Å²) in [5, 5.41) is 22.6. The van der Waals surface area contributed by atoms with E-state index in [1.165, 1.54) is 0 Å². The third-order valence-corrected chi connectivity index (χ3v) is 4.30. The van der Waals surface area contributed by atoms with Crippen LogP contribution in [0.3, 0.4) is 0 Å². The first-order chi connectivity index (χ1) is 14.3. The summed E-state index contributed by atoms with van der Waals surface area (Å²) in [7, 11) is 0. The lowest BCUT2D eigenvalue weighted by Gasteiger charge is -2.24. The molecule has 10 heteroatoms. The molecule has 0 saturated carbocycles. The molecule has 0 heterocycles. The molecule has 0 radical (unpaired) electrons. The lowest BCUT2D eigenvalue weighted by molar-refractivity contribution is -0.141. The van der Waals surface area contributed by atoms with Gasteiger partial charge in [0.15, 0.2) is 0 Å². The standard InChI is InChI=1S/2C11H21NO4/c2*1-6-7(2)8(9(13)14)12-10(15)16-11(3,4)5/h2*7-8H,6H2,1-5H3,(H,12,15)(H,13,14)/t2*7-,8-/m00/s1. The van der Waals surface area contributed by atoms with Crippen LogP contribution in [0.4, 0.5) is 9.59 Å². The zero-order valence-corrected chi connectivity index (χ0v) is 21.1. The monoisotopic (exact) mass is 462 g/mol. The number of carbonyl (C=O) groups excluding carboxylic acids is 2. The number of ether oxygens (including phenoxy) is 2. The fraction of sp³-hybridized carbons (Fsp3) is 0.818. The Bertz CT molecular complexity index is 568. The van der Waals surface area contributed by atoms with E-state index >= 15 is 0 Å². The highest BCUT2D eigenvalue weighted by molar-refractivity contribution is 5.80. The molecular formula is C22H42N2O8. The number of alkyl carbamates (subject to hydrolysis) is 2. The van der Waals surface area contributed by atoms with Gasteiger partial charge in [0.1, 0.15) is 23.3 Å². The van der Waals surface area contributed by atoms with Crippen molar-refractivity contribution in [3.63, 3.8) is 0 Å². The zero-order valence-electron chi connectivity index (χ0n) is 21.1. The smallest absolute Gasteiger partial charge is 0.408 e. The van der Waals surface area contributed by atoms with Gasteiger partial charge in [-0.25, -0.2) is 19.2 Å². The van der Waals surface area contributed by atoms with Crippen LogP contribution in [0.1, 0.15) is 82.1 Å². The fourth-order valence-electron chi connectivity index (χ4n) is 2.24. The molecule has 32 heavy (non-hydrogen) atoms. The number of carboxylic acids is 2. The van der Waals surface area contributed by atoms with Crippen molar-refractivity contribution in [2.45, 2.75) is 105 Å². The molecule has 0 aromatic rings. The first-order valence-corrected chi connectivity index (χ1v) is 10.8. The molecule has 0 saturated heterocycles. The second-order valence-corrected chi connectivity index (χ2v) is 9.70. The number of carboxylic acid groups (broad SMARTS) is 2. The highest BCUT2D eigenvalue weighted by Crippen LogP contribution is 2.12. The molecule has 0 aromatic carbocycles. The van der Waals surface area contributed by atoms with Gasteiger partial charge in [0.25, 0.3) is 0 Å². The Kier molecular flexibility index (Phi) is 13.7. The van der Waals surface area contributed by atoms with E-state index in [1.54, 1.807) is 55.4 Å². The van der Waals surface area contributed by atoms with Gasteiger partial charge in [-0.1, -0.05) is 40.5 Å². The van der Waals surface area contributed by atoms with Gasteiger partial charge in [-0.2, -0.15) is 0 Å². The molecule has 2 amide bonds. The second kappa shape index (κ2) is 13.8. The molecule has 4 N–H and O–H groups in total. The third kappa shape index (κ3) is 15.3. The van der Waals surface area contributed by atoms with Crippen LogP contribution in [0.5, 0.6) is 0 Å². The van der Waals surface area contributed by atoms with Crippen molar-refractivity contribution in [2.24, 2.45) is 11.8 Å². The van der Waals surface area contributed by atoms with Gasteiger partial charge in [-0.15, -0.1) is 0 Å².